The van der Waals surface area contributed by atoms with E-state index in [0.717, 1.165) is 16.8 Å². The second-order valence-corrected chi connectivity index (χ2v) is 14.8. The van der Waals surface area contributed by atoms with Crippen molar-refractivity contribution < 1.29 is 47.9 Å². The van der Waals surface area contributed by atoms with E-state index in [1.807, 2.05) is 62.5 Å². The number of aromatic nitrogens is 1. The summed E-state index contributed by atoms with van der Waals surface area (Å²) in [7, 11) is 2.79. The third kappa shape index (κ3) is 11.5. The van der Waals surface area contributed by atoms with E-state index in [-0.39, 0.29) is 32.0 Å². The zero-order valence-corrected chi connectivity index (χ0v) is 31.4. The molecule has 1 aromatic heterocycles. The van der Waals surface area contributed by atoms with Crippen LogP contribution in [-0.4, -0.2) is 97.8 Å². The molecule has 0 saturated carbocycles. The highest BCUT2D eigenvalue weighted by Crippen LogP contribution is 2.33. The molecule has 0 aliphatic carbocycles. The number of aliphatic hydroxyl groups excluding tert-OH is 1. The Labute approximate surface area is 313 Å². The fourth-order valence-corrected chi connectivity index (χ4v) is 6.67. The number of methoxy groups -OCH3 is 2. The minimum absolute atomic E-state index is 0.0603. The van der Waals surface area contributed by atoms with Crippen molar-refractivity contribution in [3.8, 4) is 11.5 Å². The van der Waals surface area contributed by atoms with Crippen LogP contribution in [0.25, 0.3) is 0 Å². The molecule has 2 aromatic carbocycles. The van der Waals surface area contributed by atoms with Crippen LogP contribution in [0.15, 0.2) is 59.4 Å². The largest absolute Gasteiger partial charge is 0.497 e. The standard InChI is InChI=1S/C37H49N5O10S/c1-37(2,3)32(40-35(45)48-5)33(44)41-42(17-24-8-12-27(13-9-24)50-19-25-21-53-22-38-25)18-30(43)29(16-23-6-10-26(47-4)11-7-23)39-36(46)52-31-20-51-34-28(31)14-15-49-34/h6-13,21-22,28-32,34,43H,14-20H2,1-5H3,(H,39,46)(H,40,45)(H,41,44)/t28-,29-,30-,31-,32+,34+/m0/s1. The van der Waals surface area contributed by atoms with Crippen molar-refractivity contribution in [1.29, 1.82) is 0 Å². The molecule has 2 fully saturated rings. The van der Waals surface area contributed by atoms with Crippen molar-refractivity contribution in [2.24, 2.45) is 11.3 Å². The average Bonchev–Trinajstić information content (AvgIpc) is 3.91. The number of rotatable bonds is 16. The Morgan fingerprint density at radius 3 is 2.38 bits per heavy atom. The number of nitrogens with zero attached hydrogens (tertiary/aromatic N) is 2. The number of ether oxygens (including phenoxy) is 6. The molecular formula is C37H49N5O10S. The van der Waals surface area contributed by atoms with Crippen molar-refractivity contribution in [3.63, 3.8) is 0 Å². The molecule has 0 unspecified atom stereocenters. The van der Waals surface area contributed by atoms with Gasteiger partial charge in [-0.05, 0) is 53.6 Å². The van der Waals surface area contributed by atoms with Gasteiger partial charge in [0.25, 0.3) is 5.91 Å². The molecule has 0 spiro atoms. The summed E-state index contributed by atoms with van der Waals surface area (Å²) < 4.78 is 32.9. The van der Waals surface area contributed by atoms with Gasteiger partial charge in [0.1, 0.15) is 30.3 Å². The van der Waals surface area contributed by atoms with E-state index in [1.54, 1.807) is 29.8 Å². The number of nitrogens with one attached hydrogen (secondary N) is 3. The molecule has 53 heavy (non-hydrogen) atoms. The lowest BCUT2D eigenvalue weighted by Crippen LogP contribution is -2.59. The molecule has 4 N–H and O–H groups in total. The molecule has 16 heteroatoms. The highest BCUT2D eigenvalue weighted by molar-refractivity contribution is 7.07. The lowest BCUT2D eigenvalue weighted by atomic mass is 9.86. The maximum Gasteiger partial charge on any atom is 0.407 e. The first-order chi connectivity index (χ1) is 25.4. The van der Waals surface area contributed by atoms with Crippen LogP contribution in [-0.2, 0) is 43.3 Å². The van der Waals surface area contributed by atoms with Crippen LogP contribution in [0.2, 0.25) is 0 Å². The van der Waals surface area contributed by atoms with E-state index < -0.39 is 54.1 Å². The summed E-state index contributed by atoms with van der Waals surface area (Å²) in [5.41, 5.74) is 6.38. The number of alkyl carbamates (subject to hydrolysis) is 2. The van der Waals surface area contributed by atoms with E-state index in [0.29, 0.717) is 31.1 Å². The fraction of sp³-hybridized carbons (Fsp3) is 0.514. The van der Waals surface area contributed by atoms with Crippen LogP contribution in [0.3, 0.4) is 0 Å². The van der Waals surface area contributed by atoms with Gasteiger partial charge in [-0.15, -0.1) is 11.3 Å². The molecular weight excluding hydrogens is 706 g/mol. The molecule has 6 atom stereocenters. The average molecular weight is 756 g/mol. The molecule has 3 aromatic rings. The second kappa shape index (κ2) is 18.5. The lowest BCUT2D eigenvalue weighted by molar-refractivity contribution is -0.131. The summed E-state index contributed by atoms with van der Waals surface area (Å²) in [6, 6.07) is 12.8. The molecule has 3 heterocycles. The number of hydrogen-bond acceptors (Lipinski definition) is 13. The Hall–Kier alpha value is -4.48. The van der Waals surface area contributed by atoms with Gasteiger partial charge in [0.05, 0.1) is 56.7 Å². The topological polar surface area (TPSA) is 179 Å². The molecule has 0 radical (unpaired) electrons. The smallest absolute Gasteiger partial charge is 0.407 e. The van der Waals surface area contributed by atoms with Gasteiger partial charge in [-0.2, -0.15) is 0 Å². The molecule has 15 nitrogen and oxygen atoms in total. The van der Waals surface area contributed by atoms with Crippen LogP contribution in [0.4, 0.5) is 9.59 Å². The summed E-state index contributed by atoms with van der Waals surface area (Å²) in [4.78, 5) is 43.6. The first-order valence-electron chi connectivity index (χ1n) is 17.4. The highest BCUT2D eigenvalue weighted by atomic mass is 32.1. The number of fused-ring (bicyclic) bond motifs is 1. The Bertz CT molecular complexity index is 1620. The normalized spacial score (nSPS) is 19.8. The molecule has 3 amide bonds. The van der Waals surface area contributed by atoms with E-state index >= 15 is 0 Å². The van der Waals surface area contributed by atoms with Crippen molar-refractivity contribution >= 4 is 29.4 Å². The molecule has 2 aliphatic rings. The summed E-state index contributed by atoms with van der Waals surface area (Å²) in [5, 5.41) is 20.8. The molecule has 2 aliphatic heterocycles. The van der Waals surface area contributed by atoms with Gasteiger partial charge >= 0.3 is 12.2 Å². The summed E-state index contributed by atoms with van der Waals surface area (Å²) in [6.45, 7) is 6.56. The van der Waals surface area contributed by atoms with Crippen molar-refractivity contribution in [2.75, 3.05) is 34.0 Å². The Balaban J connectivity index is 1.34. The minimum atomic E-state index is -1.21. The predicted octanol–water partition coefficient (Wildman–Crippen LogP) is 3.79. The number of carbonyl (C=O) groups is 3. The van der Waals surface area contributed by atoms with Gasteiger partial charge in [-0.3, -0.25) is 10.2 Å². The molecule has 5 rings (SSSR count). The zero-order valence-electron chi connectivity index (χ0n) is 30.6. The number of aliphatic hydroxyl groups is 1. The quantitative estimate of drug-likeness (QED) is 0.156. The van der Waals surface area contributed by atoms with Crippen molar-refractivity contribution in [1.82, 2.24) is 26.1 Å². The van der Waals surface area contributed by atoms with Crippen LogP contribution in [0.1, 0.15) is 44.0 Å². The van der Waals surface area contributed by atoms with Crippen LogP contribution < -0.4 is 25.5 Å². The maximum atomic E-state index is 13.8. The van der Waals surface area contributed by atoms with E-state index in [4.69, 9.17) is 28.4 Å². The Kier molecular flexibility index (Phi) is 13.9. The summed E-state index contributed by atoms with van der Waals surface area (Å²) >= 11 is 1.49. The fourth-order valence-electron chi connectivity index (χ4n) is 6.12. The van der Waals surface area contributed by atoms with Gasteiger partial charge in [0.2, 0.25) is 0 Å². The van der Waals surface area contributed by atoms with Crippen LogP contribution in [0.5, 0.6) is 11.5 Å². The number of hydrogen-bond donors (Lipinski definition) is 4. The molecule has 288 valence electrons. The Morgan fingerprint density at radius 1 is 1.00 bits per heavy atom. The van der Waals surface area contributed by atoms with Crippen molar-refractivity contribution in [3.05, 3.63) is 76.2 Å². The third-order valence-corrected chi connectivity index (χ3v) is 9.68. The van der Waals surface area contributed by atoms with Gasteiger partial charge in [0, 0.05) is 18.5 Å². The maximum absolute atomic E-state index is 13.8. The lowest BCUT2D eigenvalue weighted by Gasteiger charge is -2.34. The van der Waals surface area contributed by atoms with E-state index in [2.05, 4.69) is 21.0 Å². The van der Waals surface area contributed by atoms with Crippen LogP contribution in [0, 0.1) is 11.3 Å². The van der Waals surface area contributed by atoms with Gasteiger partial charge in [0.15, 0.2) is 6.29 Å². The van der Waals surface area contributed by atoms with Gasteiger partial charge < -0.3 is 44.2 Å². The van der Waals surface area contributed by atoms with Gasteiger partial charge in [-0.25, -0.2) is 19.6 Å². The summed E-state index contributed by atoms with van der Waals surface area (Å²) in [6.07, 6.45) is -2.61. The molecule has 0 bridgehead atoms. The number of benzene rings is 2. The van der Waals surface area contributed by atoms with E-state index in [9.17, 15) is 19.5 Å². The summed E-state index contributed by atoms with van der Waals surface area (Å²) in [5.74, 6) is 0.717. The van der Waals surface area contributed by atoms with Crippen molar-refractivity contribution in [2.45, 2.75) is 77.3 Å². The van der Waals surface area contributed by atoms with Crippen LogP contribution >= 0.6 is 11.3 Å². The number of thiazole rings is 1. The van der Waals surface area contributed by atoms with Gasteiger partial charge in [-0.1, -0.05) is 45.0 Å². The zero-order chi connectivity index (χ0) is 38.0. The Morgan fingerprint density at radius 2 is 1.72 bits per heavy atom. The molecule has 2 saturated heterocycles. The first-order valence-corrected chi connectivity index (χ1v) is 18.4. The number of hydrazine groups is 1. The monoisotopic (exact) mass is 755 g/mol. The third-order valence-electron chi connectivity index (χ3n) is 9.04. The highest BCUT2D eigenvalue weighted by Gasteiger charge is 2.44. The minimum Gasteiger partial charge on any atom is -0.497 e. The second-order valence-electron chi connectivity index (χ2n) is 14.0. The predicted molar refractivity (Wildman–Crippen MR) is 194 cm³/mol. The number of amides is 3. The number of carbonyl (C=O) groups excluding carboxylic acids is 3. The van der Waals surface area contributed by atoms with E-state index in [1.165, 1.54) is 18.4 Å². The SMILES string of the molecule is COC(=O)N[C@H](C(=O)NN(Cc1ccc(OCc2cscn2)cc1)C[C@H](O)[C@H](Cc1ccc(OC)cc1)NC(=O)O[C@H]1CO[C@H]2OCC[C@H]21)C(C)(C)C. The first kappa shape index (κ1) is 39.7.